The van der Waals surface area contributed by atoms with Crippen molar-refractivity contribution in [2.45, 2.75) is 86.8 Å². The maximum atomic E-state index is 13.4. The summed E-state index contributed by atoms with van der Waals surface area (Å²) in [5, 5.41) is 10.2. The van der Waals surface area contributed by atoms with Crippen molar-refractivity contribution in [3.05, 3.63) is 0 Å². The minimum Gasteiger partial charge on any atom is -0.381 e. The van der Waals surface area contributed by atoms with Gasteiger partial charge in [-0.2, -0.15) is 0 Å². The van der Waals surface area contributed by atoms with Crippen LogP contribution in [0.25, 0.3) is 0 Å². The Bertz CT molecular complexity index is 675. The van der Waals surface area contributed by atoms with E-state index < -0.39 is 0 Å². The van der Waals surface area contributed by atoms with Crippen LogP contribution in [0, 0.1) is 17.8 Å². The highest BCUT2D eigenvalue weighted by atomic mass is 32.2. The van der Waals surface area contributed by atoms with E-state index in [9.17, 15) is 9.59 Å². The summed E-state index contributed by atoms with van der Waals surface area (Å²) in [6.45, 7) is 3.73. The number of likely N-dealkylation sites (tertiary alicyclic amines) is 1. The maximum absolute atomic E-state index is 13.4. The van der Waals surface area contributed by atoms with Gasteiger partial charge in [0.15, 0.2) is 0 Å². The molecule has 5 fully saturated rings. The first-order valence-electron chi connectivity index (χ1n) is 11.8. The van der Waals surface area contributed by atoms with Crippen LogP contribution in [0.3, 0.4) is 0 Å². The van der Waals surface area contributed by atoms with Crippen molar-refractivity contribution < 1.29 is 14.3 Å². The van der Waals surface area contributed by atoms with Crippen molar-refractivity contribution in [2.24, 2.45) is 17.8 Å². The van der Waals surface area contributed by atoms with Gasteiger partial charge in [0, 0.05) is 38.3 Å². The number of fused-ring (bicyclic) bond motifs is 1. The van der Waals surface area contributed by atoms with E-state index in [0.29, 0.717) is 23.9 Å². The number of carbonyl (C=O) groups is 2. The third-order valence-electron chi connectivity index (χ3n) is 7.97. The molecule has 0 aromatic rings. The molecule has 5 rings (SSSR count). The largest absolute Gasteiger partial charge is 0.381 e. The molecule has 0 aromatic heterocycles. The number of nitrogens with zero attached hydrogens (tertiary/aromatic N) is 1. The van der Waals surface area contributed by atoms with Gasteiger partial charge in [-0.05, 0) is 50.9 Å². The Morgan fingerprint density at radius 2 is 2.00 bits per heavy atom. The van der Waals surface area contributed by atoms with Crippen LogP contribution >= 0.6 is 11.8 Å². The predicted octanol–water partition coefficient (Wildman–Crippen LogP) is 1.28. The lowest BCUT2D eigenvalue weighted by Gasteiger charge is -2.44. The number of nitrogens with one attached hydrogen (secondary N) is 3. The quantitative estimate of drug-likeness (QED) is 0.602. The zero-order valence-electron chi connectivity index (χ0n) is 18.1. The molecule has 3 heterocycles. The summed E-state index contributed by atoms with van der Waals surface area (Å²) in [4.78, 5) is 28.1. The van der Waals surface area contributed by atoms with Gasteiger partial charge in [-0.15, -0.1) is 11.8 Å². The van der Waals surface area contributed by atoms with Gasteiger partial charge in [-0.1, -0.05) is 12.8 Å². The molecule has 3 N–H and O–H groups in total. The topological polar surface area (TPSA) is 82.7 Å². The first-order valence-corrected chi connectivity index (χ1v) is 12.8. The van der Waals surface area contributed by atoms with Crippen molar-refractivity contribution >= 4 is 23.6 Å². The molecule has 0 bridgehead atoms. The molecule has 30 heavy (non-hydrogen) atoms. The van der Waals surface area contributed by atoms with E-state index in [4.69, 9.17) is 4.74 Å². The Labute approximate surface area is 183 Å². The molecular formula is C22H36N4O3S. The number of carbonyl (C=O) groups excluding carboxylic acids is 2. The second-order valence-corrected chi connectivity index (χ2v) is 11.2. The lowest BCUT2D eigenvalue weighted by molar-refractivity contribution is -0.131. The van der Waals surface area contributed by atoms with E-state index >= 15 is 0 Å². The van der Waals surface area contributed by atoms with Gasteiger partial charge in [0.2, 0.25) is 11.8 Å². The molecule has 0 spiro atoms. The van der Waals surface area contributed by atoms with Gasteiger partial charge in [-0.3, -0.25) is 14.9 Å². The third kappa shape index (κ3) is 4.00. The van der Waals surface area contributed by atoms with Crippen molar-refractivity contribution in [1.82, 2.24) is 20.9 Å². The normalized spacial score (nSPS) is 44.2. The summed E-state index contributed by atoms with van der Waals surface area (Å²) < 4.78 is 5.84. The maximum Gasteiger partial charge on any atom is 0.237 e. The molecule has 3 saturated heterocycles. The molecular weight excluding hydrogens is 400 g/mol. The van der Waals surface area contributed by atoms with Crippen LogP contribution in [0.1, 0.15) is 51.9 Å². The number of rotatable bonds is 5. The molecule has 168 valence electrons. The Morgan fingerprint density at radius 3 is 2.73 bits per heavy atom. The van der Waals surface area contributed by atoms with E-state index in [1.54, 1.807) is 11.8 Å². The average molecular weight is 437 g/mol. The van der Waals surface area contributed by atoms with Crippen LogP contribution in [-0.4, -0.2) is 71.9 Å². The Kier molecular flexibility index (Phi) is 6.03. The zero-order chi connectivity index (χ0) is 20.8. The smallest absolute Gasteiger partial charge is 0.237 e. The highest BCUT2D eigenvalue weighted by Crippen LogP contribution is 2.41. The van der Waals surface area contributed by atoms with Crippen LogP contribution in [0.15, 0.2) is 0 Å². The number of hydrogen-bond acceptors (Lipinski definition) is 6. The fourth-order valence-electron chi connectivity index (χ4n) is 6.24. The molecule has 7 nitrogen and oxygen atoms in total. The first kappa shape index (κ1) is 21.0. The second kappa shape index (κ2) is 8.60. The van der Waals surface area contributed by atoms with E-state index in [1.807, 2.05) is 12.0 Å². The van der Waals surface area contributed by atoms with E-state index in [1.165, 1.54) is 12.8 Å². The van der Waals surface area contributed by atoms with Crippen LogP contribution < -0.4 is 16.0 Å². The summed E-state index contributed by atoms with van der Waals surface area (Å²) in [7, 11) is 1.82. The summed E-state index contributed by atoms with van der Waals surface area (Å²) in [5.41, 5.74) is -0.164. The fraction of sp³-hybridized carbons (Fsp3) is 0.909. The minimum atomic E-state index is -0.164. The SMILES string of the molecule is COC1CCCCC1C1CC(C)NCC1C(=O)NC1NC2CN(C3CC3)C(=O)C2S1. The second-order valence-electron chi connectivity index (χ2n) is 9.98. The zero-order valence-corrected chi connectivity index (χ0v) is 19.0. The van der Waals surface area contributed by atoms with Crippen LogP contribution in [0.5, 0.6) is 0 Å². The van der Waals surface area contributed by atoms with Crippen molar-refractivity contribution in [3.8, 4) is 0 Å². The van der Waals surface area contributed by atoms with Gasteiger partial charge >= 0.3 is 0 Å². The highest BCUT2D eigenvalue weighted by Gasteiger charge is 2.52. The predicted molar refractivity (Wildman–Crippen MR) is 117 cm³/mol. The Hall–Kier alpha value is -0.830. The van der Waals surface area contributed by atoms with E-state index in [2.05, 4.69) is 22.9 Å². The minimum absolute atomic E-state index is 0.0385. The van der Waals surface area contributed by atoms with E-state index in [-0.39, 0.29) is 40.6 Å². The molecule has 8 heteroatoms. The Balaban J connectivity index is 1.22. The molecule has 2 saturated carbocycles. The summed E-state index contributed by atoms with van der Waals surface area (Å²) >= 11 is 1.59. The van der Waals surface area contributed by atoms with Gasteiger partial charge in [-0.25, -0.2) is 0 Å². The van der Waals surface area contributed by atoms with Gasteiger partial charge < -0.3 is 20.3 Å². The summed E-state index contributed by atoms with van der Waals surface area (Å²) in [6, 6.07) is 1.06. The van der Waals surface area contributed by atoms with Crippen LogP contribution in [0.4, 0.5) is 0 Å². The average Bonchev–Trinajstić information content (AvgIpc) is 3.45. The molecule has 5 aliphatic rings. The van der Waals surface area contributed by atoms with Gasteiger partial charge in [0.25, 0.3) is 0 Å². The van der Waals surface area contributed by atoms with Crippen molar-refractivity contribution in [2.75, 3.05) is 20.2 Å². The summed E-state index contributed by atoms with van der Waals surface area (Å²) in [5.74, 6) is 1.15. The van der Waals surface area contributed by atoms with Crippen molar-refractivity contribution in [1.29, 1.82) is 0 Å². The highest BCUT2D eigenvalue weighted by molar-refractivity contribution is 8.01. The molecule has 0 aromatic carbocycles. The third-order valence-corrected chi connectivity index (χ3v) is 9.32. The van der Waals surface area contributed by atoms with Gasteiger partial charge in [0.05, 0.1) is 12.0 Å². The fourth-order valence-corrected chi connectivity index (χ4v) is 7.57. The van der Waals surface area contributed by atoms with E-state index in [0.717, 1.165) is 45.2 Å². The standard InChI is InChI=1S/C22H36N4O3S/c1-12-9-15(14-5-3-4-6-18(14)29-2)16(10-23-12)20(27)25-22-24-17-11-26(13-7-8-13)21(28)19(17)30-22/h12-19,22-24H,3-11H2,1-2H3,(H,25,27). The molecule has 3 aliphatic heterocycles. The molecule has 0 radical (unpaired) electrons. The molecule has 8 unspecified atom stereocenters. The molecule has 2 amide bonds. The summed E-state index contributed by atoms with van der Waals surface area (Å²) in [6.07, 6.45) is 8.32. The lowest BCUT2D eigenvalue weighted by atomic mass is 9.68. The molecule has 8 atom stereocenters. The first-order chi connectivity index (χ1) is 14.5. The number of piperidine rings is 1. The number of methoxy groups -OCH3 is 1. The monoisotopic (exact) mass is 436 g/mol. The lowest BCUT2D eigenvalue weighted by Crippen LogP contribution is -2.55. The van der Waals surface area contributed by atoms with Crippen LogP contribution in [-0.2, 0) is 14.3 Å². The van der Waals surface area contributed by atoms with Crippen LogP contribution in [0.2, 0.25) is 0 Å². The van der Waals surface area contributed by atoms with Crippen molar-refractivity contribution in [3.63, 3.8) is 0 Å². The molecule has 2 aliphatic carbocycles. The number of amides is 2. The van der Waals surface area contributed by atoms with Gasteiger partial charge in [0.1, 0.15) is 10.7 Å². The number of ether oxygens (including phenoxy) is 1. The number of thioether (sulfide) groups is 1. The Morgan fingerprint density at radius 1 is 1.20 bits per heavy atom. The number of hydrogen-bond donors (Lipinski definition) is 3.